The molecule has 338 valence electrons. The van der Waals surface area contributed by atoms with Crippen LogP contribution in [-0.4, -0.2) is 70.6 Å². The van der Waals surface area contributed by atoms with Crippen molar-refractivity contribution in [3.05, 3.63) is 93.2 Å². The normalized spacial score (nSPS) is 29.6. The predicted octanol–water partition coefficient (Wildman–Crippen LogP) is 12.0. The molecule has 8 rings (SSSR count). The molecule has 5 aliphatic rings. The Morgan fingerprint density at radius 3 is 2.55 bits per heavy atom. The number of carbonyl (C=O) groups excluding carboxylic acids is 2. The molecule has 2 N–H and O–H groups in total. The molecule has 2 saturated carbocycles. The summed E-state index contributed by atoms with van der Waals surface area (Å²) in [5.41, 5.74) is -0.211. The van der Waals surface area contributed by atoms with E-state index in [0.29, 0.717) is 81.1 Å². The van der Waals surface area contributed by atoms with Crippen LogP contribution in [-0.2, 0) is 22.1 Å². The fourth-order valence-electron chi connectivity index (χ4n) is 10.8. The van der Waals surface area contributed by atoms with Gasteiger partial charge in [0.1, 0.15) is 11.9 Å². The monoisotopic (exact) mass is 881 g/mol. The number of halogens is 4. The van der Waals surface area contributed by atoms with Crippen LogP contribution in [0.1, 0.15) is 144 Å². The fourth-order valence-corrected chi connectivity index (χ4v) is 11.0. The minimum atomic E-state index is -4.61. The summed E-state index contributed by atoms with van der Waals surface area (Å²) < 4.78 is 59.6. The third-order valence-corrected chi connectivity index (χ3v) is 15.0. The Morgan fingerprint density at radius 1 is 1.03 bits per heavy atom. The van der Waals surface area contributed by atoms with Crippen LogP contribution in [0.5, 0.6) is 0 Å². The molecule has 1 aliphatic heterocycles. The molecule has 1 saturated heterocycles. The highest BCUT2D eigenvalue weighted by atomic mass is 35.5. The van der Waals surface area contributed by atoms with Gasteiger partial charge in [-0.1, -0.05) is 69.5 Å². The maximum Gasteiger partial charge on any atom is 0.416 e. The Morgan fingerprint density at radius 2 is 1.82 bits per heavy atom. The second-order valence-electron chi connectivity index (χ2n) is 19.4. The average molecular weight is 883 g/mol. The summed E-state index contributed by atoms with van der Waals surface area (Å²) in [6.45, 7) is 11.6. The number of fused-ring (bicyclic) bond motifs is 8. The second kappa shape index (κ2) is 18.8. The topological polar surface area (TPSA) is 109 Å². The molecule has 8 atom stereocenters. The number of ether oxygens (including phenoxy) is 2. The van der Waals surface area contributed by atoms with Crippen LogP contribution in [0.2, 0.25) is 5.02 Å². The number of alkyl halides is 3. The number of aliphatic hydroxyl groups excluding tert-OH is 1. The van der Waals surface area contributed by atoms with Crippen LogP contribution in [0.4, 0.5) is 18.0 Å². The van der Waals surface area contributed by atoms with Gasteiger partial charge in [-0.25, -0.2) is 4.79 Å². The lowest BCUT2D eigenvalue weighted by atomic mass is 9.64. The minimum Gasteiger partial charge on any atom is -0.453 e. The van der Waals surface area contributed by atoms with Gasteiger partial charge in [0.05, 0.1) is 41.5 Å². The lowest BCUT2D eigenvalue weighted by Crippen LogP contribution is -2.55. The van der Waals surface area contributed by atoms with E-state index in [1.807, 2.05) is 12.1 Å². The third kappa shape index (κ3) is 10.0. The van der Waals surface area contributed by atoms with E-state index in [4.69, 9.17) is 25.5 Å². The molecule has 8 unspecified atom stereocenters. The highest BCUT2D eigenvalue weighted by molar-refractivity contribution is 6.33. The zero-order valence-corrected chi connectivity index (χ0v) is 37.5. The summed E-state index contributed by atoms with van der Waals surface area (Å²) >= 11 is 6.37. The Hall–Kier alpha value is -3.64. The van der Waals surface area contributed by atoms with Gasteiger partial charge in [0.15, 0.2) is 5.76 Å². The number of hydrogen-bond donors (Lipinski definition) is 2. The van der Waals surface area contributed by atoms with E-state index >= 15 is 0 Å². The molecule has 0 spiro atoms. The van der Waals surface area contributed by atoms with Gasteiger partial charge in [0.25, 0.3) is 0 Å². The molecule has 1 amide bonds. The SMILES string of the molecule is CC1=CCCC2(C)C(CCC2(O)CN(CC2CCCO2)C(=O)OC2CC(C)CCC2C(C)C)c2ccc(cc2C(=O)c2ccc(-c3cc(C(F)(F)F)ccc3Cl)o2)CC(O)CC1. The van der Waals surface area contributed by atoms with Crippen LogP contribution in [0, 0.1) is 23.2 Å². The van der Waals surface area contributed by atoms with Crippen molar-refractivity contribution < 1.29 is 46.9 Å². The summed E-state index contributed by atoms with van der Waals surface area (Å²) in [6, 6.07) is 11.5. The van der Waals surface area contributed by atoms with Gasteiger partial charge >= 0.3 is 12.3 Å². The van der Waals surface area contributed by atoms with Gasteiger partial charge < -0.3 is 29.0 Å². The molecule has 2 aromatic carbocycles. The minimum absolute atomic E-state index is 0.00712. The van der Waals surface area contributed by atoms with E-state index in [-0.39, 0.29) is 52.7 Å². The average Bonchev–Trinajstić information content (AvgIpc) is 3.97. The number of benzene rings is 2. The first kappa shape index (κ1) is 46.4. The van der Waals surface area contributed by atoms with E-state index in [9.17, 15) is 33.0 Å². The van der Waals surface area contributed by atoms with Crippen molar-refractivity contribution >= 4 is 23.5 Å². The molecule has 2 heterocycles. The van der Waals surface area contributed by atoms with Gasteiger partial charge in [-0.2, -0.15) is 13.2 Å². The summed E-state index contributed by atoms with van der Waals surface area (Å²) in [5, 5.41) is 24.4. The van der Waals surface area contributed by atoms with Crippen molar-refractivity contribution in [2.24, 2.45) is 23.2 Å². The lowest BCUT2D eigenvalue weighted by Gasteiger charge is -2.46. The second-order valence-corrected chi connectivity index (χ2v) is 19.8. The number of carbonyl (C=O) groups is 2. The van der Waals surface area contributed by atoms with Crippen LogP contribution < -0.4 is 0 Å². The number of hydrogen-bond acceptors (Lipinski definition) is 7. The summed E-state index contributed by atoms with van der Waals surface area (Å²) in [4.78, 5) is 30.9. The molecule has 3 aromatic rings. The molecular weight excluding hydrogens is 819 g/mol. The van der Waals surface area contributed by atoms with E-state index in [1.54, 1.807) is 11.0 Å². The molecule has 1 aromatic heterocycles. The number of allylic oxidation sites excluding steroid dienone is 2. The predicted molar refractivity (Wildman–Crippen MR) is 233 cm³/mol. The first-order valence-electron chi connectivity index (χ1n) is 22.6. The standard InChI is InChI=1S/C50H63ClF3NO7/c1-30(2)37-15-11-32(4)24-45(37)62-47(58)55(28-36-9-7-23-60-36)29-49(59)22-20-41-38-16-12-33(25-35(56)14-10-31(3)8-6-21-48(41,49)5)26-39(38)46(57)44-19-18-43(61-44)40-27-34(50(52,53)54)13-17-42(40)51/h8,12-13,16-19,26-27,30,32,35-37,41,45,56,59H,6-7,9-11,14-15,20-25,28-29H2,1-5H3. The number of aliphatic hydroxyl groups is 2. The first-order valence-corrected chi connectivity index (χ1v) is 23.0. The molecule has 3 fully saturated rings. The van der Waals surface area contributed by atoms with E-state index in [2.05, 4.69) is 40.7 Å². The van der Waals surface area contributed by atoms with Crippen molar-refractivity contribution in [2.45, 2.75) is 148 Å². The molecule has 8 nitrogen and oxygen atoms in total. The van der Waals surface area contributed by atoms with Crippen LogP contribution in [0.25, 0.3) is 11.3 Å². The molecule has 0 radical (unpaired) electrons. The number of nitrogens with zero attached hydrogens (tertiary/aromatic N) is 1. The Bertz CT molecular complexity index is 2110. The van der Waals surface area contributed by atoms with Gasteiger partial charge in [0, 0.05) is 23.1 Å². The van der Waals surface area contributed by atoms with E-state index in [1.165, 1.54) is 12.1 Å². The van der Waals surface area contributed by atoms with Gasteiger partial charge in [0.2, 0.25) is 5.78 Å². The maximum atomic E-state index is 14.8. The van der Waals surface area contributed by atoms with Crippen molar-refractivity contribution in [3.8, 4) is 11.3 Å². The summed E-state index contributed by atoms with van der Waals surface area (Å²) in [7, 11) is 0. The van der Waals surface area contributed by atoms with E-state index in [0.717, 1.165) is 61.4 Å². The zero-order chi connectivity index (χ0) is 44.6. The van der Waals surface area contributed by atoms with Gasteiger partial charge in [-0.05, 0) is 149 Å². The Labute approximate surface area is 369 Å². The molecule has 12 heteroatoms. The van der Waals surface area contributed by atoms with Crippen molar-refractivity contribution in [1.82, 2.24) is 4.90 Å². The Kier molecular flexibility index (Phi) is 14.1. The number of rotatable bonds is 9. The number of amides is 1. The first-order chi connectivity index (χ1) is 29.3. The number of ketones is 1. The van der Waals surface area contributed by atoms with Crippen LogP contribution >= 0.6 is 11.6 Å². The van der Waals surface area contributed by atoms with Crippen molar-refractivity contribution in [3.63, 3.8) is 0 Å². The van der Waals surface area contributed by atoms with Crippen molar-refractivity contribution in [2.75, 3.05) is 19.7 Å². The summed E-state index contributed by atoms with van der Waals surface area (Å²) in [6.07, 6.45) is 4.22. The van der Waals surface area contributed by atoms with Crippen LogP contribution in [0.15, 0.2) is 64.6 Å². The third-order valence-electron chi connectivity index (χ3n) is 14.7. The van der Waals surface area contributed by atoms with Crippen LogP contribution in [0.3, 0.4) is 0 Å². The highest BCUT2D eigenvalue weighted by Gasteiger charge is 2.58. The largest absolute Gasteiger partial charge is 0.453 e. The molecular formula is C50H63ClF3NO7. The molecule has 2 bridgehead atoms. The Balaban J connectivity index is 1.26. The van der Waals surface area contributed by atoms with Crippen molar-refractivity contribution in [1.29, 1.82) is 0 Å². The van der Waals surface area contributed by atoms with Gasteiger partial charge in [-0.15, -0.1) is 0 Å². The lowest BCUT2D eigenvalue weighted by molar-refractivity contribution is -0.137. The molecule has 4 aliphatic carbocycles. The van der Waals surface area contributed by atoms with Gasteiger partial charge in [-0.3, -0.25) is 4.79 Å². The quantitative estimate of drug-likeness (QED) is 0.163. The maximum absolute atomic E-state index is 14.8. The molecule has 62 heavy (non-hydrogen) atoms. The fraction of sp³-hybridized carbons (Fsp3) is 0.600. The highest BCUT2D eigenvalue weighted by Crippen LogP contribution is 2.59. The smallest absolute Gasteiger partial charge is 0.416 e. The van der Waals surface area contributed by atoms with E-state index < -0.39 is 40.7 Å². The zero-order valence-electron chi connectivity index (χ0n) is 36.7. The number of furan rings is 1. The summed E-state index contributed by atoms with van der Waals surface area (Å²) in [5.74, 6) is 0.150.